The van der Waals surface area contributed by atoms with Crippen LogP contribution in [0.1, 0.15) is 38.2 Å². The smallest absolute Gasteiger partial charge is 0.303 e. The third-order valence-electron chi connectivity index (χ3n) is 2.72. The summed E-state index contributed by atoms with van der Waals surface area (Å²) in [4.78, 5) is 10.6. The highest BCUT2D eigenvalue weighted by molar-refractivity contribution is 5.67. The second-order valence-corrected chi connectivity index (χ2v) is 4.18. The second-order valence-electron chi connectivity index (χ2n) is 4.18. The van der Waals surface area contributed by atoms with Crippen LogP contribution in [0.5, 0.6) is 0 Å². The first-order valence-corrected chi connectivity index (χ1v) is 6.27. The van der Waals surface area contributed by atoms with Gasteiger partial charge in [0.25, 0.3) is 0 Å². The quantitative estimate of drug-likeness (QED) is 0.680. The molecule has 0 aliphatic carbocycles. The number of nitrogens with one attached hydrogen (secondary N) is 1. The van der Waals surface area contributed by atoms with Gasteiger partial charge in [0.05, 0.1) is 0 Å². The molecule has 0 saturated heterocycles. The van der Waals surface area contributed by atoms with Crippen molar-refractivity contribution >= 4 is 11.7 Å². The van der Waals surface area contributed by atoms with Crippen LogP contribution in [0, 0.1) is 0 Å². The molecule has 0 atom stereocenters. The third kappa shape index (κ3) is 5.38. The molecule has 3 nitrogen and oxygen atoms in total. The SMILES string of the molecule is CCCCCNc1ccccc1CCC(=O)O. The molecule has 0 bridgehead atoms. The van der Waals surface area contributed by atoms with Crippen molar-refractivity contribution in [1.29, 1.82) is 0 Å². The van der Waals surface area contributed by atoms with Crippen LogP contribution < -0.4 is 5.32 Å². The van der Waals surface area contributed by atoms with Crippen molar-refractivity contribution < 1.29 is 9.90 Å². The highest BCUT2D eigenvalue weighted by atomic mass is 16.4. The van der Waals surface area contributed by atoms with E-state index in [0.717, 1.165) is 24.2 Å². The van der Waals surface area contributed by atoms with Crippen LogP contribution in [0.4, 0.5) is 5.69 Å². The lowest BCUT2D eigenvalue weighted by molar-refractivity contribution is -0.136. The maximum Gasteiger partial charge on any atom is 0.303 e. The maximum absolute atomic E-state index is 10.6. The molecule has 0 aromatic heterocycles. The van der Waals surface area contributed by atoms with Gasteiger partial charge < -0.3 is 10.4 Å². The summed E-state index contributed by atoms with van der Waals surface area (Å²) in [6.07, 6.45) is 4.37. The number of hydrogen-bond donors (Lipinski definition) is 2. The maximum atomic E-state index is 10.6. The number of carboxylic acid groups (broad SMARTS) is 1. The van der Waals surface area contributed by atoms with E-state index in [1.807, 2.05) is 24.3 Å². The van der Waals surface area contributed by atoms with Crippen molar-refractivity contribution in [2.24, 2.45) is 0 Å². The Morgan fingerprint density at radius 2 is 2.06 bits per heavy atom. The Balaban J connectivity index is 2.48. The normalized spacial score (nSPS) is 10.2. The number of hydrogen-bond acceptors (Lipinski definition) is 2. The molecule has 2 N–H and O–H groups in total. The number of aryl methyl sites for hydroxylation is 1. The minimum Gasteiger partial charge on any atom is -0.481 e. The van der Waals surface area contributed by atoms with Crippen LogP contribution in [0.25, 0.3) is 0 Å². The molecule has 0 radical (unpaired) electrons. The lowest BCUT2D eigenvalue weighted by atomic mass is 10.1. The molecule has 0 fully saturated rings. The summed E-state index contributed by atoms with van der Waals surface area (Å²) < 4.78 is 0. The van der Waals surface area contributed by atoms with Gasteiger partial charge in [-0.3, -0.25) is 4.79 Å². The summed E-state index contributed by atoms with van der Waals surface area (Å²) in [6, 6.07) is 7.94. The van der Waals surface area contributed by atoms with Crippen LogP contribution in [0.2, 0.25) is 0 Å². The summed E-state index contributed by atoms with van der Waals surface area (Å²) in [7, 11) is 0. The van der Waals surface area contributed by atoms with Gasteiger partial charge in [0, 0.05) is 18.7 Å². The Morgan fingerprint density at radius 3 is 2.76 bits per heavy atom. The van der Waals surface area contributed by atoms with Crippen molar-refractivity contribution in [3.05, 3.63) is 29.8 Å². The molecule has 0 aliphatic heterocycles. The van der Waals surface area contributed by atoms with Crippen molar-refractivity contribution in [3.8, 4) is 0 Å². The molecule has 0 aliphatic rings. The Morgan fingerprint density at radius 1 is 1.29 bits per heavy atom. The number of carboxylic acids is 1. The van der Waals surface area contributed by atoms with E-state index in [0.29, 0.717) is 6.42 Å². The number of anilines is 1. The summed E-state index contributed by atoms with van der Waals surface area (Å²) in [5.41, 5.74) is 2.16. The number of para-hydroxylation sites is 1. The molecular weight excluding hydrogens is 214 g/mol. The molecule has 3 heteroatoms. The van der Waals surface area contributed by atoms with E-state index in [1.54, 1.807) is 0 Å². The van der Waals surface area contributed by atoms with E-state index in [2.05, 4.69) is 12.2 Å². The molecule has 0 unspecified atom stereocenters. The molecule has 94 valence electrons. The number of rotatable bonds is 8. The fourth-order valence-electron chi connectivity index (χ4n) is 1.75. The van der Waals surface area contributed by atoms with Gasteiger partial charge in [-0.05, 0) is 24.5 Å². The Bertz CT molecular complexity index is 350. The van der Waals surface area contributed by atoms with Crippen molar-refractivity contribution in [2.75, 3.05) is 11.9 Å². The second kappa shape index (κ2) is 7.71. The van der Waals surface area contributed by atoms with Gasteiger partial charge >= 0.3 is 5.97 Å². The monoisotopic (exact) mass is 235 g/mol. The molecule has 0 amide bonds. The zero-order chi connectivity index (χ0) is 12.5. The van der Waals surface area contributed by atoms with Gasteiger partial charge in [-0.15, -0.1) is 0 Å². The van der Waals surface area contributed by atoms with E-state index in [9.17, 15) is 4.79 Å². The standard InChI is InChI=1S/C14H21NO2/c1-2-3-6-11-15-13-8-5-4-7-12(13)9-10-14(16)17/h4-5,7-8,15H,2-3,6,9-11H2,1H3,(H,16,17). The minimum atomic E-state index is -0.745. The first kappa shape index (κ1) is 13.6. The number of unbranched alkanes of at least 4 members (excludes halogenated alkanes) is 2. The van der Waals surface area contributed by atoms with Crippen LogP contribution in [-0.2, 0) is 11.2 Å². The summed E-state index contributed by atoms with van der Waals surface area (Å²) >= 11 is 0. The Hall–Kier alpha value is -1.51. The molecular formula is C14H21NO2. The minimum absolute atomic E-state index is 0.188. The van der Waals surface area contributed by atoms with Crippen molar-refractivity contribution in [2.45, 2.75) is 39.0 Å². The Labute approximate surface area is 103 Å². The van der Waals surface area contributed by atoms with Crippen LogP contribution >= 0.6 is 0 Å². The predicted octanol–water partition coefficient (Wildman–Crippen LogP) is 3.31. The van der Waals surface area contributed by atoms with Crippen LogP contribution in [-0.4, -0.2) is 17.6 Å². The lowest BCUT2D eigenvalue weighted by Gasteiger charge is -2.11. The molecule has 17 heavy (non-hydrogen) atoms. The van der Waals surface area contributed by atoms with Crippen LogP contribution in [0.15, 0.2) is 24.3 Å². The van der Waals surface area contributed by atoms with E-state index in [-0.39, 0.29) is 6.42 Å². The van der Waals surface area contributed by atoms with Gasteiger partial charge in [0.2, 0.25) is 0 Å². The van der Waals surface area contributed by atoms with Gasteiger partial charge in [-0.2, -0.15) is 0 Å². The van der Waals surface area contributed by atoms with Crippen LogP contribution in [0.3, 0.4) is 0 Å². The van der Waals surface area contributed by atoms with E-state index >= 15 is 0 Å². The predicted molar refractivity (Wildman–Crippen MR) is 70.4 cm³/mol. The first-order chi connectivity index (χ1) is 8.24. The van der Waals surface area contributed by atoms with E-state index < -0.39 is 5.97 Å². The fourth-order valence-corrected chi connectivity index (χ4v) is 1.75. The highest BCUT2D eigenvalue weighted by Crippen LogP contribution is 2.17. The average molecular weight is 235 g/mol. The van der Waals surface area contributed by atoms with Gasteiger partial charge in [-0.25, -0.2) is 0 Å². The number of carbonyl (C=O) groups is 1. The number of benzene rings is 1. The fraction of sp³-hybridized carbons (Fsp3) is 0.500. The topological polar surface area (TPSA) is 49.3 Å². The molecule has 0 spiro atoms. The van der Waals surface area contributed by atoms with E-state index in [4.69, 9.17) is 5.11 Å². The Kier molecular flexibility index (Phi) is 6.15. The molecule has 1 aromatic rings. The first-order valence-electron chi connectivity index (χ1n) is 6.27. The zero-order valence-corrected chi connectivity index (χ0v) is 10.4. The zero-order valence-electron chi connectivity index (χ0n) is 10.4. The molecule has 1 rings (SSSR count). The molecule has 0 saturated carbocycles. The van der Waals surface area contributed by atoms with Crippen molar-refractivity contribution in [3.63, 3.8) is 0 Å². The largest absolute Gasteiger partial charge is 0.481 e. The summed E-state index contributed by atoms with van der Waals surface area (Å²) in [6.45, 7) is 3.14. The van der Waals surface area contributed by atoms with Crippen molar-refractivity contribution in [1.82, 2.24) is 0 Å². The summed E-state index contributed by atoms with van der Waals surface area (Å²) in [5.74, 6) is -0.745. The summed E-state index contributed by atoms with van der Waals surface area (Å²) in [5, 5.41) is 12.1. The highest BCUT2D eigenvalue weighted by Gasteiger charge is 2.03. The van der Waals surface area contributed by atoms with Gasteiger partial charge in [-0.1, -0.05) is 38.0 Å². The van der Waals surface area contributed by atoms with E-state index in [1.165, 1.54) is 12.8 Å². The van der Waals surface area contributed by atoms with Gasteiger partial charge in [0.1, 0.15) is 0 Å². The lowest BCUT2D eigenvalue weighted by Crippen LogP contribution is -2.05. The molecule has 1 aromatic carbocycles. The average Bonchev–Trinajstić information content (AvgIpc) is 2.33. The third-order valence-corrected chi connectivity index (χ3v) is 2.72. The molecule has 0 heterocycles. The number of aliphatic carboxylic acids is 1. The van der Waals surface area contributed by atoms with Gasteiger partial charge in [0.15, 0.2) is 0 Å².